The van der Waals surface area contributed by atoms with E-state index in [1.54, 1.807) is 13.8 Å². The lowest BCUT2D eigenvalue weighted by molar-refractivity contribution is -0.145. The number of carboxylic acids is 2. The van der Waals surface area contributed by atoms with E-state index in [0.717, 1.165) is 0 Å². The molecule has 1 aromatic carbocycles. The number of nitrogens with one attached hydrogen (secondary N) is 10. The van der Waals surface area contributed by atoms with Crippen LogP contribution in [0.4, 0.5) is 0 Å². The van der Waals surface area contributed by atoms with Crippen LogP contribution in [0.25, 0.3) is 0 Å². The first-order valence-electron chi connectivity index (χ1n) is 37.2. The highest BCUT2D eigenvalue weighted by molar-refractivity contribution is 6.00. The molecule has 0 radical (unpaired) electrons. The van der Waals surface area contributed by atoms with E-state index in [2.05, 4.69) is 67.8 Å². The van der Waals surface area contributed by atoms with E-state index < -0.39 is 175 Å². The quantitative estimate of drug-likeness (QED) is 0.0167. The fourth-order valence-corrected chi connectivity index (χ4v) is 13.1. The largest absolute Gasteiger partial charge is 0.508 e. The molecule has 2 aromatic rings. The number of amides is 12. The van der Waals surface area contributed by atoms with Crippen LogP contribution < -0.4 is 82.3 Å². The summed E-state index contributed by atoms with van der Waals surface area (Å²) in [6, 6.07) is -10.2. The number of carboxylic acid groups (broad SMARTS) is 2. The van der Waals surface area contributed by atoms with Gasteiger partial charge >= 0.3 is 11.9 Å². The van der Waals surface area contributed by atoms with Crippen molar-refractivity contribution < 1.29 is 87.5 Å². The molecule has 3 aliphatic rings. The second-order valence-electron chi connectivity index (χ2n) is 28.5. The molecule has 4 heterocycles. The number of phenols is 1. The third kappa shape index (κ3) is 29.3. The van der Waals surface area contributed by atoms with Gasteiger partial charge in [0, 0.05) is 63.9 Å². The number of hydrogen-bond acceptors (Lipinski definition) is 21. The topological polar surface area (TPSA) is 647 Å². The van der Waals surface area contributed by atoms with Crippen LogP contribution in [0.3, 0.4) is 0 Å². The van der Waals surface area contributed by atoms with Crippen molar-refractivity contribution in [1.82, 2.24) is 72.5 Å². The van der Waals surface area contributed by atoms with Gasteiger partial charge in [0.1, 0.15) is 72.2 Å². The third-order valence-corrected chi connectivity index (χ3v) is 18.8. The molecule has 3 aliphatic heterocycles. The van der Waals surface area contributed by atoms with Crippen LogP contribution in [0, 0.1) is 11.8 Å². The second kappa shape index (κ2) is 45.3. The zero-order valence-electron chi connectivity index (χ0n) is 62.8. The molecule has 0 bridgehead atoms. The molecule has 12 atom stereocenters. The van der Waals surface area contributed by atoms with Gasteiger partial charge in [-0.3, -0.25) is 72.3 Å². The molecule has 0 spiro atoms. The number of hydrogen-bond donors (Lipinski definition) is 20. The average Bonchev–Trinajstić information content (AvgIpc) is 1.65. The fourth-order valence-electron chi connectivity index (χ4n) is 13.1. The molecule has 12 amide bonds. The lowest BCUT2D eigenvalue weighted by Crippen LogP contribution is -2.61. The number of rotatable bonds is 46. The summed E-state index contributed by atoms with van der Waals surface area (Å²) in [6.45, 7) is 5.98. The van der Waals surface area contributed by atoms with Crippen LogP contribution >= 0.6 is 0 Å². The highest BCUT2D eigenvalue weighted by Crippen LogP contribution is 2.25. The van der Waals surface area contributed by atoms with Crippen LogP contribution in [0.1, 0.15) is 148 Å². The number of aliphatic hydroxyl groups excluding tert-OH is 1. The molecule has 610 valence electrons. The predicted molar refractivity (Wildman–Crippen MR) is 398 cm³/mol. The van der Waals surface area contributed by atoms with Crippen LogP contribution in [-0.4, -0.2) is 265 Å². The number of imidazole rings is 1. The summed E-state index contributed by atoms with van der Waals surface area (Å²) in [4.78, 5) is 212. The van der Waals surface area contributed by atoms with E-state index in [1.807, 2.05) is 13.8 Å². The summed E-state index contributed by atoms with van der Waals surface area (Å²) in [5, 5.41) is 63.1. The molecule has 3 fully saturated rings. The number of aliphatic imine (C=N–C) groups is 2. The Morgan fingerprint density at radius 1 is 0.536 bits per heavy atom. The van der Waals surface area contributed by atoms with Crippen LogP contribution in [-0.2, 0) is 80.0 Å². The first-order valence-corrected chi connectivity index (χ1v) is 37.2. The Morgan fingerprint density at radius 3 is 1.52 bits per heavy atom. The van der Waals surface area contributed by atoms with Gasteiger partial charge in [-0.25, -0.2) is 9.78 Å². The average molecular weight is 1550 g/mol. The Labute approximate surface area is 637 Å². The molecule has 5 rings (SSSR count). The molecule has 26 N–H and O–H groups in total. The normalized spacial score (nSPS) is 17.8. The highest BCUT2D eigenvalue weighted by atomic mass is 16.4. The van der Waals surface area contributed by atoms with E-state index in [0.29, 0.717) is 43.4 Å². The number of aromatic hydroxyl groups is 1. The van der Waals surface area contributed by atoms with Crippen LogP contribution in [0.15, 0.2) is 46.8 Å². The molecule has 1 aromatic heterocycles. The SMILES string of the molecule is CC(C)C[C@H](NC(=O)[C@H](CCCN=C(N)N)NC(=O)[C@@H]1CCCN1C(=O)[C@H](CCCN=C(N)N)NC(=O)[C@@H](N)CCC(=O)O)C(=O)N[C@@H](CO)C(=O)N[C@@H](Cc1cnc[nH]1)C(=O)N[C@@H](CCCCN)C(=O)NCC(=O)N1CCC[C@H]1C(=O)N[C@@H](CC(C)C)C(=O)N1CCC[C@H]1C(=O)N[C@@H](Cc1ccc(O)cc1)C(=O)O. The van der Waals surface area contributed by atoms with Gasteiger partial charge in [0.2, 0.25) is 70.9 Å². The first kappa shape index (κ1) is 89.9. The minimum absolute atomic E-state index is 0.00400. The van der Waals surface area contributed by atoms with E-state index in [-0.39, 0.29) is 152 Å². The lowest BCUT2D eigenvalue weighted by atomic mass is 10.0. The van der Waals surface area contributed by atoms with Crippen molar-refractivity contribution in [2.24, 2.45) is 56.2 Å². The molecule has 0 unspecified atom stereocenters. The number of nitrogens with two attached hydrogens (primary N) is 6. The van der Waals surface area contributed by atoms with Gasteiger partial charge in [-0.05, 0) is 139 Å². The van der Waals surface area contributed by atoms with Crippen molar-refractivity contribution in [2.45, 2.75) is 222 Å². The van der Waals surface area contributed by atoms with Gasteiger partial charge in [0.05, 0.1) is 25.5 Å². The number of H-pyrrole nitrogens is 1. The second-order valence-corrected chi connectivity index (χ2v) is 28.5. The number of phenolic OH excluding ortho intramolecular Hbond substituents is 1. The molecule has 110 heavy (non-hydrogen) atoms. The Bertz CT molecular complexity index is 3520. The van der Waals surface area contributed by atoms with Gasteiger partial charge in [-0.15, -0.1) is 0 Å². The summed E-state index contributed by atoms with van der Waals surface area (Å²) < 4.78 is 0. The van der Waals surface area contributed by atoms with E-state index in [9.17, 15) is 82.4 Å². The number of carbonyl (C=O) groups is 14. The molecule has 3 saturated heterocycles. The Hall–Kier alpha value is -10.8. The van der Waals surface area contributed by atoms with Gasteiger partial charge in [0.15, 0.2) is 11.9 Å². The highest BCUT2D eigenvalue weighted by Gasteiger charge is 2.44. The maximum atomic E-state index is 14.5. The maximum Gasteiger partial charge on any atom is 0.326 e. The van der Waals surface area contributed by atoms with Crippen LogP contribution in [0.5, 0.6) is 5.75 Å². The number of guanidine groups is 2. The van der Waals surface area contributed by atoms with Crippen molar-refractivity contribution in [3.63, 3.8) is 0 Å². The summed E-state index contributed by atoms with van der Waals surface area (Å²) >= 11 is 0. The molecular formula is C70H112N22O18. The standard InChI is InChI=1S/C70H112N22O18/c1-38(2)30-47(85-59(100)45(13-7-25-78-69(73)74)83-64(105)53-16-10-28-91(53)66(107)46(14-8-26-79-70(75)76)84-57(98)43(72)22-23-56(96)97)60(101)89-51(36-93)62(103)86-48(33-41-34-77-37-81-41)61(102)82-44(12-5-6-24-71)58(99)80-35-55(95)90-27-9-15-52(90)63(104)87-49(31-39(3)4)67(108)92-29-11-17-54(92)65(106)88-50(68(109)110)32-40-18-20-42(94)21-19-40/h18-21,34,37-39,43-54,93-94H,5-17,22-33,35-36,71-72H2,1-4H3,(H,77,81)(H,80,99)(H,82,102)(H,83,105)(H,84,98)(H,85,100)(H,86,103)(H,87,104)(H,88,106)(H,89,101)(H,96,97)(H,109,110)(H4,73,74,78)(H4,75,76,79)/t43-,44-,45-,46-,47-,48-,49-,50-,51-,52-,53-,54-/m0/s1. The number of carbonyl (C=O) groups excluding carboxylic acids is 12. The Morgan fingerprint density at radius 2 is 0.991 bits per heavy atom. The fraction of sp³-hybridized carbons (Fsp3) is 0.643. The minimum atomic E-state index is -1.79. The summed E-state index contributed by atoms with van der Waals surface area (Å²) in [6.07, 6.45) is 4.12. The van der Waals surface area contributed by atoms with Crippen molar-refractivity contribution in [2.75, 3.05) is 52.4 Å². The summed E-state index contributed by atoms with van der Waals surface area (Å²) in [7, 11) is 0. The lowest BCUT2D eigenvalue weighted by Gasteiger charge is -2.31. The Kier molecular flexibility index (Phi) is 37.0. The smallest absolute Gasteiger partial charge is 0.326 e. The number of aliphatic carboxylic acids is 2. The number of aliphatic hydroxyl groups is 1. The predicted octanol–water partition coefficient (Wildman–Crippen LogP) is -5.53. The maximum absolute atomic E-state index is 14.5. The summed E-state index contributed by atoms with van der Waals surface area (Å²) in [5.74, 6) is -13.1. The number of aromatic amines is 1. The molecule has 40 nitrogen and oxygen atoms in total. The monoisotopic (exact) mass is 1550 g/mol. The first-order chi connectivity index (χ1) is 52.2. The number of nitrogens with zero attached hydrogens (tertiary/aromatic N) is 6. The van der Waals surface area contributed by atoms with E-state index >= 15 is 0 Å². The Balaban J connectivity index is 1.27. The van der Waals surface area contributed by atoms with Gasteiger partial charge in [-0.1, -0.05) is 39.8 Å². The molecule has 0 saturated carbocycles. The summed E-state index contributed by atoms with van der Waals surface area (Å²) in [5.41, 5.74) is 34.7. The molecular weight excluding hydrogens is 1440 g/mol. The number of likely N-dealkylation sites (tertiary alicyclic amines) is 3. The third-order valence-electron chi connectivity index (χ3n) is 18.8. The zero-order chi connectivity index (χ0) is 81.3. The van der Waals surface area contributed by atoms with Crippen molar-refractivity contribution >= 4 is 94.7 Å². The zero-order valence-corrected chi connectivity index (χ0v) is 62.8. The number of aromatic nitrogens is 2. The minimum Gasteiger partial charge on any atom is -0.508 e. The van der Waals surface area contributed by atoms with Crippen molar-refractivity contribution in [3.8, 4) is 5.75 Å². The van der Waals surface area contributed by atoms with E-state index in [1.165, 1.54) is 51.5 Å². The van der Waals surface area contributed by atoms with Crippen molar-refractivity contribution in [1.29, 1.82) is 0 Å². The van der Waals surface area contributed by atoms with Crippen molar-refractivity contribution in [3.05, 3.63) is 48.0 Å². The van der Waals surface area contributed by atoms with E-state index in [4.69, 9.17) is 39.5 Å². The van der Waals surface area contributed by atoms with Crippen LogP contribution in [0.2, 0.25) is 0 Å². The molecule has 40 heteroatoms. The number of unbranched alkanes of at least 4 members (excludes halogenated alkanes) is 1. The van der Waals surface area contributed by atoms with Gasteiger partial charge in [0.25, 0.3) is 0 Å². The van der Waals surface area contributed by atoms with Gasteiger partial charge < -0.3 is 122 Å². The molecule has 0 aliphatic carbocycles. The number of benzene rings is 1. The van der Waals surface area contributed by atoms with Gasteiger partial charge in [-0.2, -0.15) is 0 Å².